The highest BCUT2D eigenvalue weighted by atomic mass is 16.6. The van der Waals surface area contributed by atoms with E-state index in [1.807, 2.05) is 0 Å². The smallest absolute Gasteiger partial charge is 0.407 e. The van der Waals surface area contributed by atoms with Gasteiger partial charge in [0.1, 0.15) is 17.4 Å². The van der Waals surface area contributed by atoms with Crippen LogP contribution in [0.4, 0.5) is 10.7 Å². The molecular formula is C20H27N5O5. The second-order valence-electron chi connectivity index (χ2n) is 7.27. The number of rotatable bonds is 8. The first-order chi connectivity index (χ1) is 14.4. The van der Waals surface area contributed by atoms with Crippen LogP contribution in [0.2, 0.25) is 0 Å². The standard InChI is InChI=1S/C20H27N5O5/c1-12(26)23-19-24-15-10-13(18(21)27)11-16(29-2)17(15)25(19)9-5-8-22-20(28)30-14-6-3-4-7-14/h10-11,14H,3-9H2,1-2H3,(H2,21,27)(H,22,28)(H,23,24,26). The number of imidazole rings is 1. The minimum Gasteiger partial charge on any atom is -0.494 e. The summed E-state index contributed by atoms with van der Waals surface area (Å²) in [6, 6.07) is 3.09. The molecule has 0 spiro atoms. The Labute approximate surface area is 174 Å². The number of nitrogens with one attached hydrogen (secondary N) is 2. The predicted molar refractivity (Wildman–Crippen MR) is 110 cm³/mol. The van der Waals surface area contributed by atoms with Crippen molar-refractivity contribution in [3.05, 3.63) is 17.7 Å². The summed E-state index contributed by atoms with van der Waals surface area (Å²) in [5, 5.41) is 5.45. The molecule has 0 radical (unpaired) electrons. The number of hydrogen-bond acceptors (Lipinski definition) is 6. The van der Waals surface area contributed by atoms with Crippen LogP contribution >= 0.6 is 0 Å². The van der Waals surface area contributed by atoms with E-state index >= 15 is 0 Å². The SMILES string of the molecule is COc1cc(C(N)=O)cc2nc(NC(C)=O)n(CCCNC(=O)OC3CCCC3)c12. The number of methoxy groups -OCH3 is 1. The number of nitrogens with zero attached hydrogens (tertiary/aromatic N) is 2. The number of aryl methyl sites for hydroxylation is 1. The molecule has 0 unspecified atom stereocenters. The number of carbonyl (C=O) groups excluding carboxylic acids is 3. The van der Waals surface area contributed by atoms with Gasteiger partial charge in [-0.3, -0.25) is 14.9 Å². The summed E-state index contributed by atoms with van der Waals surface area (Å²) < 4.78 is 12.6. The Hall–Kier alpha value is -3.30. The van der Waals surface area contributed by atoms with Crippen LogP contribution in [0.3, 0.4) is 0 Å². The van der Waals surface area contributed by atoms with Gasteiger partial charge in [-0.05, 0) is 44.2 Å². The molecule has 1 saturated carbocycles. The van der Waals surface area contributed by atoms with Gasteiger partial charge in [0.25, 0.3) is 0 Å². The largest absolute Gasteiger partial charge is 0.494 e. The van der Waals surface area contributed by atoms with Gasteiger partial charge in [0.15, 0.2) is 0 Å². The Balaban J connectivity index is 1.74. The summed E-state index contributed by atoms with van der Waals surface area (Å²) in [5.74, 6) is -0.139. The summed E-state index contributed by atoms with van der Waals surface area (Å²) in [6.07, 6.45) is 4.19. The lowest BCUT2D eigenvalue weighted by molar-refractivity contribution is -0.114. The average Bonchev–Trinajstić information content (AvgIpc) is 3.31. The number of alkyl carbamates (subject to hydrolysis) is 1. The lowest BCUT2D eigenvalue weighted by Crippen LogP contribution is -2.29. The van der Waals surface area contributed by atoms with Gasteiger partial charge in [-0.2, -0.15) is 0 Å². The number of hydrogen-bond donors (Lipinski definition) is 3. The molecule has 1 aromatic heterocycles. The monoisotopic (exact) mass is 417 g/mol. The van der Waals surface area contributed by atoms with Crippen LogP contribution in [0.15, 0.2) is 12.1 Å². The van der Waals surface area contributed by atoms with Gasteiger partial charge in [0.2, 0.25) is 17.8 Å². The van der Waals surface area contributed by atoms with Crippen molar-refractivity contribution in [3.63, 3.8) is 0 Å². The van der Waals surface area contributed by atoms with E-state index in [1.165, 1.54) is 20.1 Å². The highest BCUT2D eigenvalue weighted by Gasteiger charge is 2.20. The number of amides is 3. The van der Waals surface area contributed by atoms with E-state index < -0.39 is 12.0 Å². The zero-order chi connectivity index (χ0) is 21.7. The molecule has 0 saturated heterocycles. The van der Waals surface area contributed by atoms with Crippen LogP contribution in [0.25, 0.3) is 11.0 Å². The van der Waals surface area contributed by atoms with E-state index in [9.17, 15) is 14.4 Å². The Kier molecular flexibility index (Phi) is 6.76. The number of benzene rings is 1. The number of carbonyl (C=O) groups is 3. The van der Waals surface area contributed by atoms with Gasteiger partial charge < -0.3 is 25.1 Å². The third kappa shape index (κ3) is 5.00. The first kappa shape index (κ1) is 21.4. The van der Waals surface area contributed by atoms with E-state index in [4.69, 9.17) is 15.2 Å². The number of ether oxygens (including phenoxy) is 2. The van der Waals surface area contributed by atoms with Crippen molar-refractivity contribution in [2.75, 3.05) is 19.0 Å². The van der Waals surface area contributed by atoms with E-state index in [2.05, 4.69) is 15.6 Å². The van der Waals surface area contributed by atoms with E-state index in [0.717, 1.165) is 25.7 Å². The third-order valence-electron chi connectivity index (χ3n) is 5.00. The molecule has 1 aliphatic carbocycles. The molecule has 2 aromatic rings. The van der Waals surface area contributed by atoms with Crippen LogP contribution in [-0.4, -0.2) is 47.2 Å². The van der Waals surface area contributed by atoms with Crippen molar-refractivity contribution in [1.29, 1.82) is 0 Å². The highest BCUT2D eigenvalue weighted by Crippen LogP contribution is 2.30. The molecule has 1 aliphatic rings. The fourth-order valence-electron chi connectivity index (χ4n) is 3.63. The number of aromatic nitrogens is 2. The normalized spacial score (nSPS) is 13.9. The molecule has 3 amide bonds. The molecule has 10 heteroatoms. The lowest BCUT2D eigenvalue weighted by Gasteiger charge is -2.14. The number of primary amides is 1. The summed E-state index contributed by atoms with van der Waals surface area (Å²) in [6.45, 7) is 2.23. The molecule has 0 aliphatic heterocycles. The Bertz CT molecular complexity index is 949. The van der Waals surface area contributed by atoms with Crippen molar-refractivity contribution < 1.29 is 23.9 Å². The highest BCUT2D eigenvalue weighted by molar-refractivity contribution is 5.99. The summed E-state index contributed by atoms with van der Waals surface area (Å²) in [7, 11) is 1.48. The molecule has 4 N–H and O–H groups in total. The zero-order valence-electron chi connectivity index (χ0n) is 17.2. The fraction of sp³-hybridized carbons (Fsp3) is 0.500. The topological polar surface area (TPSA) is 138 Å². The van der Waals surface area contributed by atoms with E-state index in [1.54, 1.807) is 10.6 Å². The van der Waals surface area contributed by atoms with E-state index in [-0.39, 0.29) is 17.6 Å². The number of fused-ring (bicyclic) bond motifs is 1. The molecule has 0 atom stereocenters. The minimum absolute atomic E-state index is 0.0117. The molecular weight excluding hydrogens is 390 g/mol. The summed E-state index contributed by atoms with van der Waals surface area (Å²) in [4.78, 5) is 39.5. The van der Waals surface area contributed by atoms with Crippen LogP contribution in [0.1, 0.15) is 49.4 Å². The van der Waals surface area contributed by atoms with Crippen LogP contribution in [0, 0.1) is 0 Å². The number of nitrogens with two attached hydrogens (primary N) is 1. The fourth-order valence-corrected chi connectivity index (χ4v) is 3.63. The summed E-state index contributed by atoms with van der Waals surface area (Å²) in [5.41, 5.74) is 6.74. The maximum atomic E-state index is 11.9. The van der Waals surface area contributed by atoms with Gasteiger partial charge in [-0.1, -0.05) is 0 Å². The van der Waals surface area contributed by atoms with Crippen LogP contribution < -0.4 is 21.1 Å². The zero-order valence-corrected chi connectivity index (χ0v) is 17.2. The van der Waals surface area contributed by atoms with Crippen molar-refractivity contribution in [2.24, 2.45) is 5.73 Å². The van der Waals surface area contributed by atoms with Crippen LogP contribution in [0.5, 0.6) is 5.75 Å². The van der Waals surface area contributed by atoms with Crippen molar-refractivity contribution >= 4 is 34.9 Å². The maximum absolute atomic E-state index is 11.9. The molecule has 1 fully saturated rings. The molecule has 1 aromatic carbocycles. The molecule has 3 rings (SSSR count). The minimum atomic E-state index is -0.601. The molecule has 0 bridgehead atoms. The van der Waals surface area contributed by atoms with Crippen molar-refractivity contribution in [1.82, 2.24) is 14.9 Å². The lowest BCUT2D eigenvalue weighted by atomic mass is 10.1. The summed E-state index contributed by atoms with van der Waals surface area (Å²) >= 11 is 0. The predicted octanol–water partition coefficient (Wildman–Crippen LogP) is 2.16. The van der Waals surface area contributed by atoms with Gasteiger partial charge in [-0.15, -0.1) is 0 Å². The average molecular weight is 417 g/mol. The Morgan fingerprint density at radius 3 is 2.63 bits per heavy atom. The molecule has 1 heterocycles. The first-order valence-corrected chi connectivity index (χ1v) is 9.99. The molecule has 10 nitrogen and oxygen atoms in total. The van der Waals surface area contributed by atoms with Gasteiger partial charge in [-0.25, -0.2) is 9.78 Å². The quantitative estimate of drug-likeness (QED) is 0.563. The third-order valence-corrected chi connectivity index (χ3v) is 5.00. The van der Waals surface area contributed by atoms with Crippen LogP contribution in [-0.2, 0) is 16.1 Å². The Morgan fingerprint density at radius 1 is 1.27 bits per heavy atom. The van der Waals surface area contributed by atoms with Gasteiger partial charge >= 0.3 is 6.09 Å². The van der Waals surface area contributed by atoms with Gasteiger partial charge in [0, 0.05) is 25.6 Å². The first-order valence-electron chi connectivity index (χ1n) is 9.99. The maximum Gasteiger partial charge on any atom is 0.407 e. The Morgan fingerprint density at radius 2 is 2.00 bits per heavy atom. The second kappa shape index (κ2) is 9.47. The van der Waals surface area contributed by atoms with E-state index in [0.29, 0.717) is 42.2 Å². The van der Waals surface area contributed by atoms with Crippen molar-refractivity contribution in [3.8, 4) is 5.75 Å². The van der Waals surface area contributed by atoms with Gasteiger partial charge in [0.05, 0.1) is 12.6 Å². The second-order valence-corrected chi connectivity index (χ2v) is 7.27. The van der Waals surface area contributed by atoms with Crippen molar-refractivity contribution in [2.45, 2.75) is 51.7 Å². The number of anilines is 1. The molecule has 30 heavy (non-hydrogen) atoms. The molecule has 162 valence electrons.